The Kier molecular flexibility index (Phi) is 4.69. The fourth-order valence-electron chi connectivity index (χ4n) is 0.744. The molecule has 0 rings (SSSR count). The lowest BCUT2D eigenvalue weighted by atomic mass is 9.90. The van der Waals surface area contributed by atoms with E-state index in [2.05, 4.69) is 26.1 Å². The van der Waals surface area contributed by atoms with Gasteiger partial charge >= 0.3 is 0 Å². The maximum absolute atomic E-state index is 8.96. The molecule has 0 saturated carbocycles. The van der Waals surface area contributed by atoms with Gasteiger partial charge in [-0.2, -0.15) is 0 Å². The molecular formula is C9H21NO. The zero-order valence-corrected chi connectivity index (χ0v) is 8.15. The van der Waals surface area contributed by atoms with Crippen LogP contribution in [0.2, 0.25) is 0 Å². The summed E-state index contributed by atoms with van der Waals surface area (Å²) in [5, 5.41) is 12.2. The van der Waals surface area contributed by atoms with Gasteiger partial charge in [0.15, 0.2) is 0 Å². The van der Waals surface area contributed by atoms with Crippen molar-refractivity contribution in [3.05, 3.63) is 0 Å². The summed E-state index contributed by atoms with van der Waals surface area (Å²) < 4.78 is 0. The maximum Gasteiger partial charge on any atom is 0.0636 e. The minimum Gasteiger partial charge on any atom is -0.392 e. The Balaban J connectivity index is 3.38. The molecule has 0 aromatic carbocycles. The molecule has 0 aromatic rings. The summed E-state index contributed by atoms with van der Waals surface area (Å²) in [6, 6.07) is 0. The van der Waals surface area contributed by atoms with Gasteiger partial charge in [0.25, 0.3) is 0 Å². The first-order valence-corrected chi connectivity index (χ1v) is 4.37. The van der Waals surface area contributed by atoms with Crippen LogP contribution in [0, 0.1) is 5.41 Å². The molecule has 0 bridgehead atoms. The predicted molar refractivity (Wildman–Crippen MR) is 48.6 cm³/mol. The van der Waals surface area contributed by atoms with E-state index in [9.17, 15) is 0 Å². The number of aliphatic hydroxyl groups excluding tert-OH is 1. The van der Waals surface area contributed by atoms with Gasteiger partial charge in [0.1, 0.15) is 0 Å². The Morgan fingerprint density at radius 2 is 2.00 bits per heavy atom. The first-order valence-electron chi connectivity index (χ1n) is 4.37. The van der Waals surface area contributed by atoms with Gasteiger partial charge < -0.3 is 10.4 Å². The monoisotopic (exact) mass is 159 g/mol. The van der Waals surface area contributed by atoms with Crippen LogP contribution in [0.4, 0.5) is 0 Å². The molecule has 68 valence electrons. The van der Waals surface area contributed by atoms with Crippen LogP contribution in [0.25, 0.3) is 0 Å². The van der Waals surface area contributed by atoms with Crippen LogP contribution in [-0.4, -0.2) is 24.3 Å². The zero-order valence-electron chi connectivity index (χ0n) is 8.15. The third-order valence-electron chi connectivity index (χ3n) is 2.00. The van der Waals surface area contributed by atoms with Crippen LogP contribution in [0.5, 0.6) is 0 Å². The molecule has 0 aliphatic heterocycles. The van der Waals surface area contributed by atoms with E-state index in [1.165, 1.54) is 6.42 Å². The normalized spacial score (nSPS) is 15.0. The average Bonchev–Trinajstić information content (AvgIpc) is 1.87. The molecule has 0 fully saturated rings. The van der Waals surface area contributed by atoms with Crippen molar-refractivity contribution in [1.82, 2.24) is 5.32 Å². The Morgan fingerprint density at radius 1 is 1.45 bits per heavy atom. The van der Waals surface area contributed by atoms with Crippen LogP contribution < -0.4 is 5.32 Å². The summed E-state index contributed by atoms with van der Waals surface area (Å²) in [5.74, 6) is 0. The number of rotatable bonds is 5. The fourth-order valence-corrected chi connectivity index (χ4v) is 0.744. The zero-order chi connectivity index (χ0) is 8.91. The number of hydrogen-bond donors (Lipinski definition) is 2. The molecule has 0 saturated heterocycles. The number of nitrogens with one attached hydrogen (secondary N) is 1. The molecule has 0 aliphatic rings. The average molecular weight is 159 g/mol. The smallest absolute Gasteiger partial charge is 0.0636 e. The Labute approximate surface area is 70.0 Å². The summed E-state index contributed by atoms with van der Waals surface area (Å²) in [5.41, 5.74) is 0.356. The van der Waals surface area contributed by atoms with Crippen LogP contribution in [0.3, 0.4) is 0 Å². The second-order valence-corrected chi connectivity index (χ2v) is 4.00. The molecule has 0 spiro atoms. The predicted octanol–water partition coefficient (Wildman–Crippen LogP) is 1.39. The molecule has 0 unspecified atom stereocenters. The van der Waals surface area contributed by atoms with E-state index in [1.807, 2.05) is 0 Å². The van der Waals surface area contributed by atoms with Crippen molar-refractivity contribution >= 4 is 0 Å². The van der Waals surface area contributed by atoms with Gasteiger partial charge in [-0.15, -0.1) is 0 Å². The van der Waals surface area contributed by atoms with E-state index in [0.29, 0.717) is 12.0 Å². The topological polar surface area (TPSA) is 32.3 Å². The summed E-state index contributed by atoms with van der Waals surface area (Å²) in [6.07, 6.45) is 0.933. The van der Waals surface area contributed by atoms with E-state index in [0.717, 1.165) is 6.54 Å². The van der Waals surface area contributed by atoms with Crippen molar-refractivity contribution in [3.8, 4) is 0 Å². The van der Waals surface area contributed by atoms with E-state index in [1.54, 1.807) is 6.92 Å². The quantitative estimate of drug-likeness (QED) is 0.635. The minimum atomic E-state index is -0.234. The highest BCUT2D eigenvalue weighted by atomic mass is 16.3. The summed E-state index contributed by atoms with van der Waals surface area (Å²) in [7, 11) is 0. The molecule has 2 N–H and O–H groups in total. The highest BCUT2D eigenvalue weighted by Crippen LogP contribution is 2.17. The first-order chi connectivity index (χ1) is 4.98. The van der Waals surface area contributed by atoms with Gasteiger partial charge in [0.2, 0.25) is 0 Å². The molecule has 0 aliphatic carbocycles. The third kappa shape index (κ3) is 6.32. The van der Waals surface area contributed by atoms with Gasteiger partial charge in [-0.1, -0.05) is 20.8 Å². The standard InChI is InChI=1S/C9H21NO/c1-5-9(3,4)7-10-6-8(2)11/h8,10-11H,5-7H2,1-4H3/t8-/m1/s1. The van der Waals surface area contributed by atoms with E-state index in [-0.39, 0.29) is 6.10 Å². The molecular weight excluding hydrogens is 138 g/mol. The van der Waals surface area contributed by atoms with Crippen LogP contribution in [0.15, 0.2) is 0 Å². The van der Waals surface area contributed by atoms with Crippen molar-refractivity contribution < 1.29 is 5.11 Å². The SMILES string of the molecule is CCC(C)(C)CNC[C@@H](C)O. The van der Waals surface area contributed by atoms with Gasteiger partial charge in [0.05, 0.1) is 6.10 Å². The summed E-state index contributed by atoms with van der Waals surface area (Å²) in [6.45, 7) is 10.1. The van der Waals surface area contributed by atoms with Gasteiger partial charge in [0, 0.05) is 13.1 Å². The molecule has 11 heavy (non-hydrogen) atoms. The lowest BCUT2D eigenvalue weighted by Crippen LogP contribution is -2.33. The molecule has 0 amide bonds. The van der Waals surface area contributed by atoms with Gasteiger partial charge in [-0.25, -0.2) is 0 Å². The molecule has 0 radical (unpaired) electrons. The number of hydrogen-bond acceptors (Lipinski definition) is 2. The lowest BCUT2D eigenvalue weighted by Gasteiger charge is -2.23. The highest BCUT2D eigenvalue weighted by Gasteiger charge is 2.13. The second kappa shape index (κ2) is 4.73. The first kappa shape index (κ1) is 10.9. The van der Waals surface area contributed by atoms with Crippen molar-refractivity contribution in [3.63, 3.8) is 0 Å². The summed E-state index contributed by atoms with van der Waals surface area (Å²) in [4.78, 5) is 0. The Hall–Kier alpha value is -0.0800. The van der Waals surface area contributed by atoms with Crippen molar-refractivity contribution in [2.45, 2.75) is 40.2 Å². The van der Waals surface area contributed by atoms with Crippen molar-refractivity contribution in [1.29, 1.82) is 0 Å². The summed E-state index contributed by atoms with van der Waals surface area (Å²) >= 11 is 0. The van der Waals surface area contributed by atoms with E-state index in [4.69, 9.17) is 5.11 Å². The van der Waals surface area contributed by atoms with Crippen molar-refractivity contribution in [2.75, 3.05) is 13.1 Å². The molecule has 0 aromatic heterocycles. The fraction of sp³-hybridized carbons (Fsp3) is 1.00. The van der Waals surface area contributed by atoms with Crippen LogP contribution in [-0.2, 0) is 0 Å². The molecule has 1 atom stereocenters. The minimum absolute atomic E-state index is 0.234. The van der Waals surface area contributed by atoms with Crippen LogP contribution >= 0.6 is 0 Å². The molecule has 2 nitrogen and oxygen atoms in total. The van der Waals surface area contributed by atoms with Crippen molar-refractivity contribution in [2.24, 2.45) is 5.41 Å². The highest BCUT2D eigenvalue weighted by molar-refractivity contribution is 4.69. The second-order valence-electron chi connectivity index (χ2n) is 4.00. The molecule has 0 heterocycles. The lowest BCUT2D eigenvalue weighted by molar-refractivity contribution is 0.183. The van der Waals surface area contributed by atoms with Gasteiger partial charge in [-0.3, -0.25) is 0 Å². The van der Waals surface area contributed by atoms with E-state index < -0.39 is 0 Å². The van der Waals surface area contributed by atoms with E-state index >= 15 is 0 Å². The van der Waals surface area contributed by atoms with Crippen LogP contribution in [0.1, 0.15) is 34.1 Å². The maximum atomic E-state index is 8.96. The molecule has 2 heteroatoms. The number of aliphatic hydroxyl groups is 1. The third-order valence-corrected chi connectivity index (χ3v) is 2.00. The van der Waals surface area contributed by atoms with Gasteiger partial charge in [-0.05, 0) is 18.8 Å². The Bertz CT molecular complexity index is 99.7. The Morgan fingerprint density at radius 3 is 2.36 bits per heavy atom. The largest absolute Gasteiger partial charge is 0.392 e.